The van der Waals surface area contributed by atoms with Crippen LogP contribution in [0.2, 0.25) is 0 Å². The van der Waals surface area contributed by atoms with E-state index in [4.69, 9.17) is 0 Å². The highest BCUT2D eigenvalue weighted by molar-refractivity contribution is 5.35. The van der Waals surface area contributed by atoms with Crippen molar-refractivity contribution < 1.29 is 0 Å². The van der Waals surface area contributed by atoms with Gasteiger partial charge in [0.15, 0.2) is 0 Å². The summed E-state index contributed by atoms with van der Waals surface area (Å²) in [5, 5.41) is 0. The SMILES string of the molecule is c1ccc(C2NNC(c3ccccc3)C2c2ccccc2)cc1. The van der Waals surface area contributed by atoms with Crippen molar-refractivity contribution in [1.82, 2.24) is 10.9 Å². The van der Waals surface area contributed by atoms with Gasteiger partial charge in [-0.15, -0.1) is 0 Å². The van der Waals surface area contributed by atoms with Gasteiger partial charge in [-0.3, -0.25) is 0 Å². The monoisotopic (exact) mass is 300 g/mol. The molecular weight excluding hydrogens is 280 g/mol. The molecule has 3 aromatic rings. The minimum Gasteiger partial charge on any atom is -0.249 e. The largest absolute Gasteiger partial charge is 0.249 e. The lowest BCUT2D eigenvalue weighted by Crippen LogP contribution is -2.26. The van der Waals surface area contributed by atoms with Crippen molar-refractivity contribution in [1.29, 1.82) is 0 Å². The Labute approximate surface area is 137 Å². The molecule has 23 heavy (non-hydrogen) atoms. The summed E-state index contributed by atoms with van der Waals surface area (Å²) in [6.45, 7) is 0. The average Bonchev–Trinajstić information content (AvgIpc) is 3.09. The summed E-state index contributed by atoms with van der Waals surface area (Å²) in [5.74, 6) is 0.348. The predicted molar refractivity (Wildman–Crippen MR) is 93.8 cm³/mol. The van der Waals surface area contributed by atoms with E-state index in [9.17, 15) is 0 Å². The molecule has 2 heteroatoms. The van der Waals surface area contributed by atoms with Crippen LogP contribution in [0.15, 0.2) is 91.0 Å². The molecule has 2 atom stereocenters. The minimum atomic E-state index is 0.254. The van der Waals surface area contributed by atoms with E-state index in [1.807, 2.05) is 0 Å². The molecule has 2 N–H and O–H groups in total. The molecule has 0 amide bonds. The Balaban J connectivity index is 1.77. The molecule has 0 aliphatic carbocycles. The molecule has 3 aromatic carbocycles. The Hall–Kier alpha value is -2.42. The Morgan fingerprint density at radius 2 is 0.783 bits per heavy atom. The van der Waals surface area contributed by atoms with Crippen LogP contribution in [0.1, 0.15) is 34.7 Å². The van der Waals surface area contributed by atoms with Crippen LogP contribution in [0.3, 0.4) is 0 Å². The van der Waals surface area contributed by atoms with E-state index in [1.54, 1.807) is 0 Å². The Bertz CT molecular complexity index is 693. The van der Waals surface area contributed by atoms with E-state index < -0.39 is 0 Å². The van der Waals surface area contributed by atoms with Gasteiger partial charge < -0.3 is 0 Å². The normalized spacial score (nSPS) is 23.7. The van der Waals surface area contributed by atoms with Gasteiger partial charge in [-0.25, -0.2) is 10.9 Å². The molecule has 1 fully saturated rings. The molecule has 1 aliphatic heterocycles. The summed E-state index contributed by atoms with van der Waals surface area (Å²) in [4.78, 5) is 0. The average molecular weight is 300 g/mol. The fraction of sp³-hybridized carbons (Fsp3) is 0.143. The summed E-state index contributed by atoms with van der Waals surface area (Å²) >= 11 is 0. The number of hydrogen-bond acceptors (Lipinski definition) is 2. The number of rotatable bonds is 3. The second-order valence-electron chi connectivity index (χ2n) is 6.00. The topological polar surface area (TPSA) is 24.1 Å². The van der Waals surface area contributed by atoms with Crippen LogP contribution in [0.4, 0.5) is 0 Å². The fourth-order valence-electron chi connectivity index (χ4n) is 3.51. The van der Waals surface area contributed by atoms with Crippen LogP contribution >= 0.6 is 0 Å². The zero-order chi connectivity index (χ0) is 15.5. The molecule has 0 saturated carbocycles. The van der Waals surface area contributed by atoms with Gasteiger partial charge in [-0.2, -0.15) is 0 Å². The fourth-order valence-corrected chi connectivity index (χ4v) is 3.51. The lowest BCUT2D eigenvalue weighted by molar-refractivity contribution is 0.553. The highest BCUT2D eigenvalue weighted by Crippen LogP contribution is 2.43. The van der Waals surface area contributed by atoms with E-state index in [1.165, 1.54) is 16.7 Å². The first kappa shape index (κ1) is 14.2. The van der Waals surface area contributed by atoms with Crippen LogP contribution in [0.25, 0.3) is 0 Å². The van der Waals surface area contributed by atoms with Crippen molar-refractivity contribution in [3.8, 4) is 0 Å². The van der Waals surface area contributed by atoms with Crippen molar-refractivity contribution in [3.63, 3.8) is 0 Å². The summed E-state index contributed by atoms with van der Waals surface area (Å²) in [5.41, 5.74) is 11.0. The van der Waals surface area contributed by atoms with Gasteiger partial charge in [0.25, 0.3) is 0 Å². The highest BCUT2D eigenvalue weighted by atomic mass is 15.4. The highest BCUT2D eigenvalue weighted by Gasteiger charge is 2.38. The maximum atomic E-state index is 3.52. The van der Waals surface area contributed by atoms with Gasteiger partial charge in [0.1, 0.15) is 0 Å². The van der Waals surface area contributed by atoms with Crippen LogP contribution in [0.5, 0.6) is 0 Å². The molecule has 0 spiro atoms. The zero-order valence-electron chi connectivity index (χ0n) is 12.9. The number of nitrogens with one attached hydrogen (secondary N) is 2. The van der Waals surface area contributed by atoms with E-state index in [-0.39, 0.29) is 12.1 Å². The molecule has 1 aliphatic rings. The van der Waals surface area contributed by atoms with Crippen LogP contribution < -0.4 is 10.9 Å². The third kappa shape index (κ3) is 2.79. The van der Waals surface area contributed by atoms with Gasteiger partial charge >= 0.3 is 0 Å². The van der Waals surface area contributed by atoms with Gasteiger partial charge in [-0.05, 0) is 16.7 Å². The molecule has 4 rings (SSSR count). The zero-order valence-corrected chi connectivity index (χ0v) is 12.9. The third-order valence-corrected chi connectivity index (χ3v) is 4.61. The smallest absolute Gasteiger partial charge is 0.0549 e. The van der Waals surface area contributed by atoms with Gasteiger partial charge in [0, 0.05) is 5.92 Å². The van der Waals surface area contributed by atoms with E-state index >= 15 is 0 Å². The summed E-state index contributed by atoms with van der Waals surface area (Å²) in [7, 11) is 0. The number of hydrazine groups is 1. The molecule has 2 nitrogen and oxygen atoms in total. The number of hydrogen-bond donors (Lipinski definition) is 2. The number of benzene rings is 3. The Morgan fingerprint density at radius 1 is 0.435 bits per heavy atom. The molecule has 1 heterocycles. The van der Waals surface area contributed by atoms with Gasteiger partial charge in [-0.1, -0.05) is 91.0 Å². The predicted octanol–water partition coefficient (Wildman–Crippen LogP) is 4.36. The van der Waals surface area contributed by atoms with E-state index in [0.717, 1.165) is 0 Å². The van der Waals surface area contributed by atoms with Gasteiger partial charge in [0.05, 0.1) is 12.1 Å². The lowest BCUT2D eigenvalue weighted by Gasteiger charge is -2.24. The Morgan fingerprint density at radius 3 is 1.17 bits per heavy atom. The van der Waals surface area contributed by atoms with Crippen molar-refractivity contribution >= 4 is 0 Å². The molecule has 114 valence electrons. The maximum absolute atomic E-state index is 3.52. The van der Waals surface area contributed by atoms with Crippen molar-refractivity contribution in [2.24, 2.45) is 0 Å². The van der Waals surface area contributed by atoms with Crippen LogP contribution in [0, 0.1) is 0 Å². The first-order chi connectivity index (χ1) is 11.4. The third-order valence-electron chi connectivity index (χ3n) is 4.61. The van der Waals surface area contributed by atoms with E-state index in [0.29, 0.717) is 5.92 Å². The molecule has 0 radical (unpaired) electrons. The molecular formula is C21H20N2. The van der Waals surface area contributed by atoms with E-state index in [2.05, 4.69) is 102 Å². The second-order valence-corrected chi connectivity index (χ2v) is 6.00. The summed E-state index contributed by atoms with van der Waals surface area (Å²) < 4.78 is 0. The molecule has 0 bridgehead atoms. The van der Waals surface area contributed by atoms with Crippen molar-refractivity contribution in [2.45, 2.75) is 18.0 Å². The lowest BCUT2D eigenvalue weighted by atomic mass is 9.81. The van der Waals surface area contributed by atoms with Crippen molar-refractivity contribution in [2.75, 3.05) is 0 Å². The van der Waals surface area contributed by atoms with Crippen LogP contribution in [-0.4, -0.2) is 0 Å². The van der Waals surface area contributed by atoms with Crippen molar-refractivity contribution in [3.05, 3.63) is 108 Å². The van der Waals surface area contributed by atoms with Crippen LogP contribution in [-0.2, 0) is 0 Å². The first-order valence-electron chi connectivity index (χ1n) is 8.09. The maximum Gasteiger partial charge on any atom is 0.0549 e. The minimum absolute atomic E-state index is 0.254. The Kier molecular flexibility index (Phi) is 3.93. The first-order valence-corrected chi connectivity index (χ1v) is 8.09. The second kappa shape index (κ2) is 6.37. The molecule has 1 saturated heterocycles. The van der Waals surface area contributed by atoms with Gasteiger partial charge in [0.2, 0.25) is 0 Å². The summed E-state index contributed by atoms with van der Waals surface area (Å²) in [6.07, 6.45) is 0. The summed E-state index contributed by atoms with van der Waals surface area (Å²) in [6, 6.07) is 32.6. The molecule has 0 aromatic heterocycles. The standard InChI is InChI=1S/C21H20N2/c1-4-10-16(11-5-1)19-20(17-12-6-2-7-13-17)22-23-21(19)18-14-8-3-9-15-18/h1-15,19-23H. The quantitative estimate of drug-likeness (QED) is 0.751. The molecule has 2 unspecified atom stereocenters.